The number of ether oxygens (including phenoxy) is 1. The summed E-state index contributed by atoms with van der Waals surface area (Å²) in [7, 11) is 1.62. The Bertz CT molecular complexity index is 580. The van der Waals surface area contributed by atoms with Crippen LogP contribution in [-0.4, -0.2) is 23.4 Å². The molecule has 6 heteroatoms. The lowest BCUT2D eigenvalue weighted by Crippen LogP contribution is -2.22. The molecule has 5 nitrogen and oxygen atoms in total. The Morgan fingerprint density at radius 2 is 2.10 bits per heavy atom. The summed E-state index contributed by atoms with van der Waals surface area (Å²) in [5, 5.41) is 6.17. The topological polar surface area (TPSA) is 64.4 Å². The Hall–Kier alpha value is -1.95. The van der Waals surface area contributed by atoms with E-state index < -0.39 is 0 Å². The van der Waals surface area contributed by atoms with E-state index in [-0.39, 0.29) is 11.2 Å². The van der Waals surface area contributed by atoms with Crippen LogP contribution < -0.4 is 10.1 Å². The molecule has 0 saturated heterocycles. The molecule has 0 bridgehead atoms. The van der Waals surface area contributed by atoms with E-state index in [1.165, 1.54) is 11.8 Å². The van der Waals surface area contributed by atoms with Crippen LogP contribution in [0.3, 0.4) is 0 Å². The van der Waals surface area contributed by atoms with Crippen molar-refractivity contribution >= 4 is 23.6 Å². The second-order valence-corrected chi connectivity index (χ2v) is 5.67. The molecule has 106 valence electrons. The van der Waals surface area contributed by atoms with Crippen LogP contribution in [0.2, 0.25) is 0 Å². The summed E-state index contributed by atoms with van der Waals surface area (Å²) in [5.74, 6) is 1.04. The first-order chi connectivity index (χ1) is 9.58. The molecule has 1 unspecified atom stereocenters. The van der Waals surface area contributed by atoms with Gasteiger partial charge in [0.05, 0.1) is 18.1 Å². The molecule has 2 rings (SSSR count). The molecule has 0 spiro atoms. The summed E-state index contributed by atoms with van der Waals surface area (Å²) in [4.78, 5) is 13.0. The molecule has 1 atom stereocenters. The smallest absolute Gasteiger partial charge is 0.239 e. The monoisotopic (exact) mass is 292 g/mol. The van der Waals surface area contributed by atoms with E-state index >= 15 is 0 Å². The molecule has 20 heavy (non-hydrogen) atoms. The fraction of sp³-hybridized carbons (Fsp3) is 0.286. The van der Waals surface area contributed by atoms with Gasteiger partial charge in [0.15, 0.2) is 0 Å². The fourth-order valence-electron chi connectivity index (χ4n) is 1.56. The van der Waals surface area contributed by atoms with E-state index in [9.17, 15) is 4.79 Å². The van der Waals surface area contributed by atoms with Gasteiger partial charge >= 0.3 is 0 Å². The Labute approximate surface area is 121 Å². The van der Waals surface area contributed by atoms with Crippen LogP contribution in [-0.2, 0) is 4.79 Å². The number of nitrogens with zero attached hydrogens (tertiary/aromatic N) is 1. The summed E-state index contributed by atoms with van der Waals surface area (Å²) in [6.07, 6.45) is 0. The molecule has 0 radical (unpaired) electrons. The van der Waals surface area contributed by atoms with Gasteiger partial charge in [-0.25, -0.2) is 0 Å². The Morgan fingerprint density at radius 1 is 1.40 bits per heavy atom. The van der Waals surface area contributed by atoms with E-state index in [1.807, 2.05) is 31.2 Å². The van der Waals surface area contributed by atoms with Crippen molar-refractivity contribution in [3.63, 3.8) is 0 Å². The molecular formula is C14H16N2O3S. The van der Waals surface area contributed by atoms with Crippen LogP contribution in [0.4, 0.5) is 5.88 Å². The van der Waals surface area contributed by atoms with Crippen LogP contribution in [0, 0.1) is 6.92 Å². The van der Waals surface area contributed by atoms with E-state index in [0.717, 1.165) is 16.3 Å². The number of amides is 1. The molecule has 0 aliphatic rings. The van der Waals surface area contributed by atoms with Gasteiger partial charge in [-0.1, -0.05) is 5.16 Å². The van der Waals surface area contributed by atoms with Gasteiger partial charge in [-0.05, 0) is 38.1 Å². The predicted molar refractivity (Wildman–Crippen MR) is 78.2 cm³/mol. The molecule has 1 aromatic heterocycles. The maximum atomic E-state index is 12.0. The van der Waals surface area contributed by atoms with Gasteiger partial charge in [0.2, 0.25) is 11.8 Å². The van der Waals surface area contributed by atoms with Gasteiger partial charge in [0.25, 0.3) is 0 Å². The van der Waals surface area contributed by atoms with Crippen LogP contribution >= 0.6 is 11.8 Å². The highest BCUT2D eigenvalue weighted by Gasteiger charge is 2.16. The average molecular weight is 292 g/mol. The van der Waals surface area contributed by atoms with Crippen LogP contribution in [0.25, 0.3) is 0 Å². The zero-order valence-corrected chi connectivity index (χ0v) is 12.4. The van der Waals surface area contributed by atoms with Crippen LogP contribution in [0.1, 0.15) is 12.6 Å². The third-order valence-electron chi connectivity index (χ3n) is 2.62. The van der Waals surface area contributed by atoms with Gasteiger partial charge in [-0.2, -0.15) is 0 Å². The number of carbonyl (C=O) groups excluding carboxylic acids is 1. The summed E-state index contributed by atoms with van der Waals surface area (Å²) in [5.41, 5.74) is 0.732. The maximum Gasteiger partial charge on any atom is 0.239 e. The fourth-order valence-corrected chi connectivity index (χ4v) is 2.42. The number of aromatic nitrogens is 1. The van der Waals surface area contributed by atoms with Crippen molar-refractivity contribution in [1.29, 1.82) is 0 Å². The molecule has 1 N–H and O–H groups in total. The predicted octanol–water partition coefficient (Wildman–Crippen LogP) is 3.11. The SMILES string of the molecule is COc1ccc(SC(C)C(=O)Nc2cc(C)no2)cc1. The number of hydrogen-bond donors (Lipinski definition) is 1. The molecule has 2 aromatic rings. The first kappa shape index (κ1) is 14.5. The second-order valence-electron chi connectivity index (χ2n) is 4.26. The normalized spacial score (nSPS) is 11.9. The van der Waals surface area contributed by atoms with E-state index in [2.05, 4.69) is 10.5 Å². The van der Waals surface area contributed by atoms with Gasteiger partial charge in [-0.3, -0.25) is 10.1 Å². The number of hydrogen-bond acceptors (Lipinski definition) is 5. The van der Waals surface area contributed by atoms with Crippen molar-refractivity contribution in [2.45, 2.75) is 24.0 Å². The number of aryl methyl sites for hydroxylation is 1. The number of thioether (sulfide) groups is 1. The molecule has 0 fully saturated rings. The number of nitrogens with one attached hydrogen (secondary N) is 1. The van der Waals surface area contributed by atoms with Gasteiger partial charge < -0.3 is 9.26 Å². The van der Waals surface area contributed by atoms with E-state index in [1.54, 1.807) is 20.1 Å². The minimum absolute atomic E-state index is 0.123. The van der Waals surface area contributed by atoms with Crippen molar-refractivity contribution in [2.24, 2.45) is 0 Å². The minimum atomic E-state index is -0.242. The number of anilines is 1. The lowest BCUT2D eigenvalue weighted by Gasteiger charge is -2.10. The average Bonchev–Trinajstić information content (AvgIpc) is 2.85. The minimum Gasteiger partial charge on any atom is -0.497 e. The van der Waals surface area contributed by atoms with Crippen molar-refractivity contribution in [2.75, 3.05) is 12.4 Å². The van der Waals surface area contributed by atoms with Crippen molar-refractivity contribution < 1.29 is 14.1 Å². The summed E-state index contributed by atoms with van der Waals surface area (Å²) in [6, 6.07) is 9.26. The molecule has 1 aromatic carbocycles. The standard InChI is InChI=1S/C14H16N2O3S/c1-9-8-13(19-16-9)15-14(17)10(2)20-12-6-4-11(18-3)5-7-12/h4-8,10H,1-3H3,(H,15,17). The van der Waals surface area contributed by atoms with Crippen molar-refractivity contribution in [1.82, 2.24) is 5.16 Å². The number of carbonyl (C=O) groups is 1. The highest BCUT2D eigenvalue weighted by molar-refractivity contribution is 8.00. The van der Waals surface area contributed by atoms with E-state index in [0.29, 0.717) is 5.88 Å². The third kappa shape index (κ3) is 3.77. The molecular weight excluding hydrogens is 276 g/mol. The molecule has 1 amide bonds. The quantitative estimate of drug-likeness (QED) is 0.858. The molecule has 0 aliphatic heterocycles. The summed E-state index contributed by atoms with van der Waals surface area (Å²) in [6.45, 7) is 3.64. The Balaban J connectivity index is 1.92. The second kappa shape index (κ2) is 6.47. The third-order valence-corrected chi connectivity index (χ3v) is 3.73. The first-order valence-corrected chi connectivity index (χ1v) is 7.01. The molecule has 1 heterocycles. The number of benzene rings is 1. The maximum absolute atomic E-state index is 12.0. The van der Waals surface area contributed by atoms with Gasteiger partial charge in [0, 0.05) is 11.0 Å². The number of methoxy groups -OCH3 is 1. The lowest BCUT2D eigenvalue weighted by molar-refractivity contribution is -0.115. The van der Waals surface area contributed by atoms with Crippen LogP contribution in [0.5, 0.6) is 5.75 Å². The number of rotatable bonds is 5. The van der Waals surface area contributed by atoms with Gasteiger partial charge in [0.1, 0.15) is 5.75 Å². The highest BCUT2D eigenvalue weighted by Crippen LogP contribution is 2.26. The Kier molecular flexibility index (Phi) is 4.68. The van der Waals surface area contributed by atoms with E-state index in [4.69, 9.17) is 9.26 Å². The molecule has 0 saturated carbocycles. The van der Waals surface area contributed by atoms with Crippen molar-refractivity contribution in [3.05, 3.63) is 36.0 Å². The largest absolute Gasteiger partial charge is 0.497 e. The zero-order chi connectivity index (χ0) is 14.5. The highest BCUT2D eigenvalue weighted by atomic mass is 32.2. The zero-order valence-electron chi connectivity index (χ0n) is 11.5. The Morgan fingerprint density at radius 3 is 2.65 bits per heavy atom. The summed E-state index contributed by atoms with van der Waals surface area (Å²) >= 11 is 1.47. The molecule has 0 aliphatic carbocycles. The first-order valence-electron chi connectivity index (χ1n) is 6.13. The summed E-state index contributed by atoms with van der Waals surface area (Å²) < 4.78 is 10.1. The van der Waals surface area contributed by atoms with Gasteiger partial charge in [-0.15, -0.1) is 11.8 Å². The van der Waals surface area contributed by atoms with Crippen molar-refractivity contribution in [3.8, 4) is 5.75 Å². The lowest BCUT2D eigenvalue weighted by atomic mass is 10.3. The van der Waals surface area contributed by atoms with Crippen LogP contribution in [0.15, 0.2) is 39.8 Å².